The van der Waals surface area contributed by atoms with Gasteiger partial charge in [-0.05, 0) is 52.2 Å². The van der Waals surface area contributed by atoms with Crippen LogP contribution in [0, 0.1) is 6.92 Å². The average Bonchev–Trinajstić information content (AvgIpc) is 2.78. The molecule has 2 fully saturated rings. The molecule has 1 aromatic carbocycles. The number of morpholine rings is 1. The third-order valence-electron chi connectivity index (χ3n) is 5.34. The Hall–Kier alpha value is -1.57. The van der Waals surface area contributed by atoms with Crippen molar-refractivity contribution >= 4 is 24.3 Å². The molecule has 136 valence electrons. The Balaban J connectivity index is 1.76. The number of carbonyl (C=O) groups excluding carboxylic acids is 1. The molecule has 25 heavy (non-hydrogen) atoms. The smallest absolute Gasteiger partial charge is 0.399 e. The van der Waals surface area contributed by atoms with Crippen molar-refractivity contribution in [1.29, 1.82) is 0 Å². The van der Waals surface area contributed by atoms with Crippen LogP contribution in [-0.2, 0) is 14.0 Å². The summed E-state index contributed by atoms with van der Waals surface area (Å²) >= 11 is 0. The Morgan fingerprint density at radius 2 is 1.72 bits per heavy atom. The second-order valence-electron chi connectivity index (χ2n) is 7.69. The molecule has 2 aliphatic heterocycles. The maximum absolute atomic E-state index is 12.4. The van der Waals surface area contributed by atoms with Gasteiger partial charge in [-0.3, -0.25) is 0 Å². The standard InChI is InChI=1S/C18H27BN2O4/c1-13-6-7-14(20-16(22)21-8-10-23-11-9-21)12-15(13)19-24-17(2,3)18(4,5)25-19/h6-7,12H,8-11H2,1-5H3,(H,20,22). The minimum absolute atomic E-state index is 0.105. The number of benzene rings is 1. The number of urea groups is 1. The fourth-order valence-corrected chi connectivity index (χ4v) is 2.91. The molecule has 2 heterocycles. The lowest BCUT2D eigenvalue weighted by Crippen LogP contribution is -2.43. The van der Waals surface area contributed by atoms with Crippen LogP contribution in [0.5, 0.6) is 0 Å². The number of nitrogens with one attached hydrogen (secondary N) is 1. The summed E-state index contributed by atoms with van der Waals surface area (Å²) in [5.74, 6) is 0. The molecule has 0 saturated carbocycles. The molecule has 3 rings (SSSR count). The molecule has 2 amide bonds. The average molecular weight is 346 g/mol. The summed E-state index contributed by atoms with van der Waals surface area (Å²) in [6, 6.07) is 5.72. The monoisotopic (exact) mass is 346 g/mol. The third-order valence-corrected chi connectivity index (χ3v) is 5.34. The molecule has 0 atom stereocenters. The first-order valence-corrected chi connectivity index (χ1v) is 8.79. The molecule has 7 heteroatoms. The van der Waals surface area contributed by atoms with Crippen molar-refractivity contribution in [3.63, 3.8) is 0 Å². The molecule has 0 spiro atoms. The summed E-state index contributed by atoms with van der Waals surface area (Å²) in [6.07, 6.45) is 0. The van der Waals surface area contributed by atoms with E-state index in [1.165, 1.54) is 0 Å². The van der Waals surface area contributed by atoms with E-state index in [1.807, 2.05) is 52.8 Å². The Labute approximate surface area is 150 Å². The number of rotatable bonds is 2. The van der Waals surface area contributed by atoms with E-state index in [1.54, 1.807) is 4.90 Å². The van der Waals surface area contributed by atoms with Gasteiger partial charge in [-0.25, -0.2) is 4.79 Å². The van der Waals surface area contributed by atoms with Crippen LogP contribution in [-0.4, -0.2) is 55.6 Å². The topological polar surface area (TPSA) is 60.0 Å². The van der Waals surface area contributed by atoms with Gasteiger partial charge in [-0.1, -0.05) is 11.6 Å². The van der Waals surface area contributed by atoms with Gasteiger partial charge in [-0.15, -0.1) is 0 Å². The van der Waals surface area contributed by atoms with Gasteiger partial charge in [0.2, 0.25) is 0 Å². The van der Waals surface area contributed by atoms with E-state index in [0.717, 1.165) is 16.7 Å². The number of ether oxygens (including phenoxy) is 1. The van der Waals surface area contributed by atoms with Crippen molar-refractivity contribution in [2.75, 3.05) is 31.6 Å². The predicted octanol–water partition coefficient (Wildman–Crippen LogP) is 2.16. The lowest BCUT2D eigenvalue weighted by atomic mass is 9.76. The van der Waals surface area contributed by atoms with Gasteiger partial charge in [0.05, 0.1) is 24.4 Å². The summed E-state index contributed by atoms with van der Waals surface area (Å²) in [5, 5.41) is 2.96. The van der Waals surface area contributed by atoms with Gasteiger partial charge in [0.1, 0.15) is 0 Å². The first-order valence-electron chi connectivity index (χ1n) is 8.79. The number of hydrogen-bond donors (Lipinski definition) is 1. The van der Waals surface area contributed by atoms with Crippen molar-refractivity contribution in [2.24, 2.45) is 0 Å². The zero-order chi connectivity index (χ0) is 18.2. The van der Waals surface area contributed by atoms with E-state index >= 15 is 0 Å². The van der Waals surface area contributed by atoms with Crippen LogP contribution in [0.1, 0.15) is 33.3 Å². The van der Waals surface area contributed by atoms with Crippen molar-refractivity contribution < 1.29 is 18.8 Å². The van der Waals surface area contributed by atoms with E-state index in [4.69, 9.17) is 14.0 Å². The normalized spacial score (nSPS) is 22.1. The van der Waals surface area contributed by atoms with Crippen LogP contribution in [0.25, 0.3) is 0 Å². The summed E-state index contributed by atoms with van der Waals surface area (Å²) in [4.78, 5) is 14.1. The van der Waals surface area contributed by atoms with Crippen LogP contribution in [0.4, 0.5) is 10.5 Å². The van der Waals surface area contributed by atoms with Crippen molar-refractivity contribution in [1.82, 2.24) is 4.90 Å². The number of hydrogen-bond acceptors (Lipinski definition) is 4. The molecule has 0 unspecified atom stereocenters. The quantitative estimate of drug-likeness (QED) is 0.834. The second kappa shape index (κ2) is 6.63. The minimum Gasteiger partial charge on any atom is -0.399 e. The van der Waals surface area contributed by atoms with Crippen molar-refractivity contribution in [3.8, 4) is 0 Å². The lowest BCUT2D eigenvalue weighted by Gasteiger charge is -2.32. The molecule has 0 aromatic heterocycles. The zero-order valence-corrected chi connectivity index (χ0v) is 15.7. The minimum atomic E-state index is -0.440. The molecular formula is C18H27BN2O4. The predicted molar refractivity (Wildman–Crippen MR) is 98.3 cm³/mol. The Kier molecular flexibility index (Phi) is 4.83. The lowest BCUT2D eigenvalue weighted by molar-refractivity contribution is 0.00578. The summed E-state index contributed by atoms with van der Waals surface area (Å²) < 4.78 is 17.6. The number of aryl methyl sites for hydroxylation is 1. The number of nitrogens with zero attached hydrogens (tertiary/aromatic N) is 1. The molecule has 1 aromatic rings. The van der Waals surface area contributed by atoms with Crippen LogP contribution < -0.4 is 10.8 Å². The molecule has 0 radical (unpaired) electrons. The first kappa shape index (κ1) is 18.2. The van der Waals surface area contributed by atoms with Gasteiger partial charge in [0, 0.05) is 18.8 Å². The van der Waals surface area contributed by atoms with E-state index in [0.29, 0.717) is 26.3 Å². The summed E-state index contributed by atoms with van der Waals surface area (Å²) in [7, 11) is -0.440. The summed E-state index contributed by atoms with van der Waals surface area (Å²) in [6.45, 7) is 12.6. The Morgan fingerprint density at radius 3 is 2.32 bits per heavy atom. The number of amides is 2. The van der Waals surface area contributed by atoms with E-state index in [9.17, 15) is 4.79 Å². The highest BCUT2D eigenvalue weighted by Crippen LogP contribution is 2.36. The van der Waals surface area contributed by atoms with Gasteiger partial charge in [0.25, 0.3) is 0 Å². The fraction of sp³-hybridized carbons (Fsp3) is 0.611. The van der Waals surface area contributed by atoms with E-state index in [2.05, 4.69) is 5.32 Å². The molecule has 2 aliphatic rings. The van der Waals surface area contributed by atoms with Gasteiger partial charge in [0.15, 0.2) is 0 Å². The summed E-state index contributed by atoms with van der Waals surface area (Å²) in [5.41, 5.74) is 1.97. The van der Waals surface area contributed by atoms with Crippen LogP contribution in [0.15, 0.2) is 18.2 Å². The Morgan fingerprint density at radius 1 is 1.12 bits per heavy atom. The van der Waals surface area contributed by atoms with Gasteiger partial charge in [-0.2, -0.15) is 0 Å². The van der Waals surface area contributed by atoms with Gasteiger partial charge < -0.3 is 24.3 Å². The highest BCUT2D eigenvalue weighted by Gasteiger charge is 2.52. The largest absolute Gasteiger partial charge is 0.495 e. The maximum atomic E-state index is 12.4. The highest BCUT2D eigenvalue weighted by molar-refractivity contribution is 6.62. The number of carbonyl (C=O) groups is 1. The zero-order valence-electron chi connectivity index (χ0n) is 15.7. The Bertz CT molecular complexity index is 640. The third kappa shape index (κ3) is 3.68. The fourth-order valence-electron chi connectivity index (χ4n) is 2.91. The van der Waals surface area contributed by atoms with Crippen LogP contribution >= 0.6 is 0 Å². The highest BCUT2D eigenvalue weighted by atomic mass is 16.7. The SMILES string of the molecule is Cc1ccc(NC(=O)N2CCOCC2)cc1B1OC(C)(C)C(C)(C)O1. The molecule has 6 nitrogen and oxygen atoms in total. The molecule has 0 bridgehead atoms. The van der Waals surface area contributed by atoms with Crippen LogP contribution in [0.2, 0.25) is 0 Å². The molecule has 2 saturated heterocycles. The second-order valence-corrected chi connectivity index (χ2v) is 7.69. The van der Waals surface area contributed by atoms with E-state index in [-0.39, 0.29) is 6.03 Å². The number of anilines is 1. The van der Waals surface area contributed by atoms with Crippen molar-refractivity contribution in [3.05, 3.63) is 23.8 Å². The molecule has 0 aliphatic carbocycles. The first-order chi connectivity index (χ1) is 11.7. The van der Waals surface area contributed by atoms with Gasteiger partial charge >= 0.3 is 13.1 Å². The molecule has 1 N–H and O–H groups in total. The molecular weight excluding hydrogens is 319 g/mol. The van der Waals surface area contributed by atoms with E-state index < -0.39 is 18.3 Å². The van der Waals surface area contributed by atoms with Crippen LogP contribution in [0.3, 0.4) is 0 Å². The van der Waals surface area contributed by atoms with Crippen molar-refractivity contribution in [2.45, 2.75) is 45.8 Å². The maximum Gasteiger partial charge on any atom is 0.495 e.